The average molecular weight is 214 g/mol. The summed E-state index contributed by atoms with van der Waals surface area (Å²) in [6, 6.07) is -0.394. The van der Waals surface area contributed by atoms with E-state index in [2.05, 4.69) is 5.32 Å². The lowest BCUT2D eigenvalue weighted by Crippen LogP contribution is -2.53. The van der Waals surface area contributed by atoms with E-state index in [0.29, 0.717) is 19.4 Å². The highest BCUT2D eigenvalue weighted by Crippen LogP contribution is 2.23. The molecule has 0 aromatic rings. The number of hydrogen-bond acceptors (Lipinski definition) is 4. The molecule has 0 radical (unpaired) electrons. The molecule has 0 saturated carbocycles. The van der Waals surface area contributed by atoms with E-state index in [9.17, 15) is 9.59 Å². The van der Waals surface area contributed by atoms with Crippen molar-refractivity contribution in [2.75, 3.05) is 13.2 Å². The molecule has 0 aromatic carbocycles. The number of nitrogens with zero attached hydrogens (tertiary/aromatic N) is 1. The summed E-state index contributed by atoms with van der Waals surface area (Å²) in [5.74, 6) is -0.243. The number of hydrogen-bond donors (Lipinski definition) is 2. The van der Waals surface area contributed by atoms with Gasteiger partial charge < -0.3 is 9.84 Å². The van der Waals surface area contributed by atoms with Gasteiger partial charge in [-0.3, -0.25) is 15.0 Å². The highest BCUT2D eigenvalue weighted by molar-refractivity contribution is 5.96. The van der Waals surface area contributed by atoms with E-state index in [4.69, 9.17) is 9.84 Å². The minimum absolute atomic E-state index is 0.0229. The van der Waals surface area contributed by atoms with Gasteiger partial charge in [0.2, 0.25) is 5.91 Å². The van der Waals surface area contributed by atoms with E-state index in [1.165, 1.54) is 4.90 Å². The summed E-state index contributed by atoms with van der Waals surface area (Å²) in [6.45, 7) is 0.373. The van der Waals surface area contributed by atoms with Crippen molar-refractivity contribution in [2.24, 2.45) is 0 Å². The van der Waals surface area contributed by atoms with Crippen molar-refractivity contribution < 1.29 is 19.4 Å². The van der Waals surface area contributed by atoms with E-state index in [0.717, 1.165) is 6.42 Å². The number of rotatable bonds is 2. The van der Waals surface area contributed by atoms with Gasteiger partial charge in [-0.15, -0.1) is 0 Å². The van der Waals surface area contributed by atoms with E-state index < -0.39 is 6.03 Å². The Morgan fingerprint density at radius 2 is 2.27 bits per heavy atom. The number of carbonyl (C=O) groups is 2. The van der Waals surface area contributed by atoms with Crippen LogP contribution >= 0.6 is 0 Å². The van der Waals surface area contributed by atoms with Gasteiger partial charge in [0, 0.05) is 13.0 Å². The smallest absolute Gasteiger partial charge is 0.326 e. The number of aliphatic hydroxyl groups excluding tert-OH is 1. The second kappa shape index (κ2) is 4.16. The van der Waals surface area contributed by atoms with Crippen molar-refractivity contribution in [1.82, 2.24) is 10.2 Å². The Kier molecular flexibility index (Phi) is 2.88. The molecule has 0 aromatic heterocycles. The first-order chi connectivity index (χ1) is 7.20. The van der Waals surface area contributed by atoms with Gasteiger partial charge in [0.1, 0.15) is 6.23 Å². The fraction of sp³-hybridized carbons (Fsp3) is 0.778. The number of aliphatic hydroxyl groups is 1. The third kappa shape index (κ3) is 2.10. The van der Waals surface area contributed by atoms with E-state index in [1.807, 2.05) is 0 Å². The summed E-state index contributed by atoms with van der Waals surface area (Å²) in [7, 11) is 0. The van der Waals surface area contributed by atoms with E-state index >= 15 is 0 Å². The maximum absolute atomic E-state index is 11.4. The molecular weight excluding hydrogens is 200 g/mol. The van der Waals surface area contributed by atoms with Crippen LogP contribution in [0.1, 0.15) is 19.3 Å². The van der Waals surface area contributed by atoms with Crippen LogP contribution in [0.5, 0.6) is 0 Å². The molecule has 0 spiro atoms. The lowest BCUT2D eigenvalue weighted by atomic mass is 10.2. The van der Waals surface area contributed by atoms with Crippen LogP contribution in [0.4, 0.5) is 4.79 Å². The SMILES string of the molecule is O=C1CCN([C@H]2CC[C@@H](CO)O2)C(=O)N1. The van der Waals surface area contributed by atoms with Crippen LogP contribution in [0, 0.1) is 0 Å². The minimum Gasteiger partial charge on any atom is -0.394 e. The Bertz CT molecular complexity index is 281. The lowest BCUT2D eigenvalue weighted by Gasteiger charge is -2.31. The van der Waals surface area contributed by atoms with Crippen molar-refractivity contribution in [3.8, 4) is 0 Å². The third-order valence-corrected chi connectivity index (χ3v) is 2.72. The van der Waals surface area contributed by atoms with Gasteiger partial charge in [-0.05, 0) is 12.8 Å². The number of nitrogens with one attached hydrogen (secondary N) is 1. The molecule has 15 heavy (non-hydrogen) atoms. The normalized spacial score (nSPS) is 31.9. The summed E-state index contributed by atoms with van der Waals surface area (Å²) in [6.07, 6.45) is 1.30. The molecule has 6 nitrogen and oxygen atoms in total. The van der Waals surface area contributed by atoms with Gasteiger partial charge in [0.05, 0.1) is 12.7 Å². The Hall–Kier alpha value is -1.14. The van der Waals surface area contributed by atoms with E-state index in [-0.39, 0.29) is 24.8 Å². The molecule has 2 atom stereocenters. The first-order valence-electron chi connectivity index (χ1n) is 5.07. The molecule has 2 rings (SSSR count). The number of urea groups is 1. The standard InChI is InChI=1S/C9H14N2O4/c12-5-6-1-2-8(15-6)11-4-3-7(13)10-9(11)14/h6,8,12H,1-5H2,(H,10,13,14)/t6-,8+/m0/s1. The summed E-state index contributed by atoms with van der Waals surface area (Å²) >= 11 is 0. The molecule has 6 heteroatoms. The molecule has 2 aliphatic heterocycles. The number of carbonyl (C=O) groups excluding carboxylic acids is 2. The largest absolute Gasteiger partial charge is 0.394 e. The molecule has 2 heterocycles. The summed E-state index contributed by atoms with van der Waals surface area (Å²) in [5, 5.41) is 11.1. The number of amides is 3. The van der Waals surface area contributed by atoms with Gasteiger partial charge in [-0.1, -0.05) is 0 Å². The molecule has 2 N–H and O–H groups in total. The van der Waals surface area contributed by atoms with Crippen molar-refractivity contribution in [3.05, 3.63) is 0 Å². The van der Waals surface area contributed by atoms with E-state index in [1.54, 1.807) is 0 Å². The summed E-state index contributed by atoms with van der Waals surface area (Å²) in [4.78, 5) is 23.9. The third-order valence-electron chi connectivity index (χ3n) is 2.72. The van der Waals surface area contributed by atoms with Crippen molar-refractivity contribution in [1.29, 1.82) is 0 Å². The zero-order valence-corrected chi connectivity index (χ0v) is 8.31. The maximum atomic E-state index is 11.4. The van der Waals surface area contributed by atoms with Crippen LogP contribution in [0.25, 0.3) is 0 Å². The van der Waals surface area contributed by atoms with Gasteiger partial charge in [-0.2, -0.15) is 0 Å². The first-order valence-corrected chi connectivity index (χ1v) is 5.07. The lowest BCUT2D eigenvalue weighted by molar-refractivity contribution is -0.123. The van der Waals surface area contributed by atoms with Crippen LogP contribution in [0.2, 0.25) is 0 Å². The molecule has 2 aliphatic rings. The topological polar surface area (TPSA) is 78.9 Å². The van der Waals surface area contributed by atoms with Gasteiger partial charge in [0.15, 0.2) is 0 Å². The highest BCUT2D eigenvalue weighted by Gasteiger charge is 2.35. The number of imide groups is 1. The molecular formula is C9H14N2O4. The quantitative estimate of drug-likeness (QED) is 0.645. The van der Waals surface area contributed by atoms with Crippen LogP contribution in [-0.2, 0) is 9.53 Å². The molecule has 2 saturated heterocycles. The van der Waals surface area contributed by atoms with Crippen molar-refractivity contribution in [3.63, 3.8) is 0 Å². The predicted molar refractivity (Wildman–Crippen MR) is 49.8 cm³/mol. The molecule has 3 amide bonds. The Labute approximate surface area is 87.2 Å². The van der Waals surface area contributed by atoms with Gasteiger partial charge in [0.25, 0.3) is 0 Å². The molecule has 84 valence electrons. The minimum atomic E-state index is -0.394. The van der Waals surface area contributed by atoms with Crippen molar-refractivity contribution in [2.45, 2.75) is 31.6 Å². The van der Waals surface area contributed by atoms with Gasteiger partial charge >= 0.3 is 6.03 Å². The first kappa shape index (κ1) is 10.4. The van der Waals surface area contributed by atoms with Crippen molar-refractivity contribution >= 4 is 11.9 Å². The molecule has 0 unspecified atom stereocenters. The monoisotopic (exact) mass is 214 g/mol. The summed E-state index contributed by atoms with van der Waals surface area (Å²) in [5.41, 5.74) is 0. The predicted octanol–water partition coefficient (Wildman–Crippen LogP) is -0.574. The van der Waals surface area contributed by atoms with Crippen LogP contribution in [0.15, 0.2) is 0 Å². The Morgan fingerprint density at radius 3 is 2.87 bits per heavy atom. The second-order valence-corrected chi connectivity index (χ2v) is 3.77. The van der Waals surface area contributed by atoms with Crippen LogP contribution in [0.3, 0.4) is 0 Å². The Morgan fingerprint density at radius 1 is 1.47 bits per heavy atom. The second-order valence-electron chi connectivity index (χ2n) is 3.77. The average Bonchev–Trinajstić information content (AvgIpc) is 2.66. The molecule has 0 bridgehead atoms. The summed E-state index contributed by atoms with van der Waals surface area (Å²) < 4.78 is 5.46. The zero-order valence-electron chi connectivity index (χ0n) is 8.31. The van der Waals surface area contributed by atoms with Gasteiger partial charge in [-0.25, -0.2) is 4.79 Å². The fourth-order valence-electron chi connectivity index (χ4n) is 1.90. The Balaban J connectivity index is 1.94. The zero-order chi connectivity index (χ0) is 10.8. The number of ether oxygens (including phenoxy) is 1. The fourth-order valence-corrected chi connectivity index (χ4v) is 1.90. The van der Waals surface area contributed by atoms with Crippen LogP contribution < -0.4 is 5.32 Å². The molecule has 2 fully saturated rings. The molecule has 0 aliphatic carbocycles. The van der Waals surface area contributed by atoms with Crippen LogP contribution in [-0.4, -0.2) is 47.4 Å². The maximum Gasteiger partial charge on any atom is 0.326 e. The highest BCUT2D eigenvalue weighted by atomic mass is 16.5.